The van der Waals surface area contributed by atoms with E-state index in [1.165, 1.54) is 37.8 Å². The third-order valence-electron chi connectivity index (χ3n) is 3.55. The molecule has 0 saturated heterocycles. The van der Waals surface area contributed by atoms with Crippen LogP contribution in [0.5, 0.6) is 0 Å². The molecular formula is C13H17N3. The standard InChI is InChI=1S/C13H17N3/c1-10-9-12(11-5-3-2-4-6-11)15-13-7-8-14-16(10)13/h7-9,11,15H,1-6H2. The number of hydrogen-bond acceptors (Lipinski definition) is 2. The fraction of sp³-hybridized carbons (Fsp3) is 0.462. The number of aromatic nitrogens is 2. The lowest BCUT2D eigenvalue weighted by Crippen LogP contribution is -2.20. The SMILES string of the molecule is C=C1C=C(C2CCCCC2)Nc2ccnn21. The van der Waals surface area contributed by atoms with E-state index in [4.69, 9.17) is 0 Å². The lowest BCUT2D eigenvalue weighted by molar-refractivity contribution is 0.403. The molecule has 84 valence electrons. The van der Waals surface area contributed by atoms with Crippen LogP contribution in [0.1, 0.15) is 32.1 Å². The van der Waals surface area contributed by atoms with Crippen LogP contribution in [0.25, 0.3) is 5.70 Å². The van der Waals surface area contributed by atoms with E-state index in [0.29, 0.717) is 5.92 Å². The molecule has 0 unspecified atom stereocenters. The Hall–Kier alpha value is -1.51. The highest BCUT2D eigenvalue weighted by atomic mass is 15.3. The molecule has 2 heterocycles. The minimum absolute atomic E-state index is 0.689. The van der Waals surface area contributed by atoms with E-state index in [9.17, 15) is 0 Å². The van der Waals surface area contributed by atoms with Crippen molar-refractivity contribution in [3.05, 3.63) is 30.6 Å². The van der Waals surface area contributed by atoms with Crippen LogP contribution in [-0.2, 0) is 0 Å². The lowest BCUT2D eigenvalue weighted by Gasteiger charge is -2.28. The highest BCUT2D eigenvalue weighted by Gasteiger charge is 2.22. The Kier molecular flexibility index (Phi) is 2.31. The Balaban J connectivity index is 1.85. The molecule has 0 spiro atoms. The summed E-state index contributed by atoms with van der Waals surface area (Å²) in [5, 5.41) is 7.71. The van der Waals surface area contributed by atoms with Gasteiger partial charge in [0.25, 0.3) is 0 Å². The Bertz CT molecular complexity index is 436. The number of rotatable bonds is 1. The number of nitrogens with zero attached hydrogens (tertiary/aromatic N) is 2. The second-order valence-corrected chi connectivity index (χ2v) is 4.68. The van der Waals surface area contributed by atoms with Crippen molar-refractivity contribution in [3.63, 3.8) is 0 Å². The van der Waals surface area contributed by atoms with Crippen molar-refractivity contribution in [2.24, 2.45) is 5.92 Å². The second kappa shape index (κ2) is 3.81. The summed E-state index contributed by atoms with van der Waals surface area (Å²) in [5.41, 5.74) is 2.30. The lowest BCUT2D eigenvalue weighted by atomic mass is 9.86. The van der Waals surface area contributed by atoms with Gasteiger partial charge in [-0.3, -0.25) is 0 Å². The number of anilines is 1. The quantitative estimate of drug-likeness (QED) is 0.779. The van der Waals surface area contributed by atoms with Crippen molar-refractivity contribution >= 4 is 11.5 Å². The van der Waals surface area contributed by atoms with Gasteiger partial charge in [0.2, 0.25) is 0 Å². The molecule has 0 amide bonds. The topological polar surface area (TPSA) is 29.9 Å². The normalized spacial score (nSPS) is 21.2. The molecule has 3 heteroatoms. The van der Waals surface area contributed by atoms with Gasteiger partial charge in [0, 0.05) is 11.8 Å². The largest absolute Gasteiger partial charge is 0.343 e. The Labute approximate surface area is 95.8 Å². The Morgan fingerprint density at radius 2 is 2.12 bits per heavy atom. The smallest absolute Gasteiger partial charge is 0.133 e. The van der Waals surface area contributed by atoms with Gasteiger partial charge in [-0.25, -0.2) is 4.68 Å². The summed E-state index contributed by atoms with van der Waals surface area (Å²) >= 11 is 0. The van der Waals surface area contributed by atoms with Crippen molar-refractivity contribution in [1.82, 2.24) is 9.78 Å². The molecule has 0 radical (unpaired) electrons. The van der Waals surface area contributed by atoms with E-state index < -0.39 is 0 Å². The third kappa shape index (κ3) is 1.56. The highest BCUT2D eigenvalue weighted by Crippen LogP contribution is 2.33. The zero-order chi connectivity index (χ0) is 11.0. The van der Waals surface area contributed by atoms with Gasteiger partial charge in [0.05, 0.1) is 11.9 Å². The summed E-state index contributed by atoms with van der Waals surface area (Å²) in [4.78, 5) is 0. The second-order valence-electron chi connectivity index (χ2n) is 4.68. The van der Waals surface area contributed by atoms with Crippen molar-refractivity contribution in [2.75, 3.05) is 5.32 Å². The summed E-state index contributed by atoms with van der Waals surface area (Å²) in [5.74, 6) is 1.74. The molecule has 0 aromatic carbocycles. The number of allylic oxidation sites excluding steroid dienone is 3. The van der Waals surface area contributed by atoms with E-state index in [0.717, 1.165) is 11.5 Å². The first-order valence-corrected chi connectivity index (χ1v) is 6.06. The first-order chi connectivity index (χ1) is 7.84. The summed E-state index contributed by atoms with van der Waals surface area (Å²) in [7, 11) is 0. The van der Waals surface area contributed by atoms with Crippen molar-refractivity contribution in [2.45, 2.75) is 32.1 Å². The van der Waals surface area contributed by atoms with Crippen LogP contribution in [0.15, 0.2) is 30.6 Å². The van der Waals surface area contributed by atoms with Crippen LogP contribution in [0.3, 0.4) is 0 Å². The molecule has 0 bridgehead atoms. The monoisotopic (exact) mass is 215 g/mol. The van der Waals surface area contributed by atoms with Gasteiger partial charge < -0.3 is 5.32 Å². The maximum absolute atomic E-state index is 4.23. The minimum atomic E-state index is 0.689. The van der Waals surface area contributed by atoms with Gasteiger partial charge >= 0.3 is 0 Å². The molecule has 1 saturated carbocycles. The third-order valence-corrected chi connectivity index (χ3v) is 3.55. The van der Waals surface area contributed by atoms with E-state index in [1.54, 1.807) is 0 Å². The highest BCUT2D eigenvalue weighted by molar-refractivity contribution is 5.67. The number of fused-ring (bicyclic) bond motifs is 1. The molecule has 16 heavy (non-hydrogen) atoms. The molecule has 3 rings (SSSR count). The van der Waals surface area contributed by atoms with Crippen molar-refractivity contribution < 1.29 is 0 Å². The molecule has 2 aliphatic rings. The molecular weight excluding hydrogens is 198 g/mol. The number of hydrogen-bond donors (Lipinski definition) is 1. The van der Waals surface area contributed by atoms with Gasteiger partial charge in [0.15, 0.2) is 0 Å². The summed E-state index contributed by atoms with van der Waals surface area (Å²) in [6, 6.07) is 2.00. The fourth-order valence-corrected chi connectivity index (χ4v) is 2.69. The molecule has 1 fully saturated rings. The van der Waals surface area contributed by atoms with Gasteiger partial charge in [-0.05, 0) is 24.8 Å². The van der Waals surface area contributed by atoms with Crippen LogP contribution >= 0.6 is 0 Å². The van der Waals surface area contributed by atoms with Crippen molar-refractivity contribution in [3.8, 4) is 0 Å². The molecule has 3 nitrogen and oxygen atoms in total. The predicted molar refractivity (Wildman–Crippen MR) is 65.8 cm³/mol. The zero-order valence-corrected chi connectivity index (χ0v) is 9.45. The maximum Gasteiger partial charge on any atom is 0.133 e. The van der Waals surface area contributed by atoms with Crippen LogP contribution < -0.4 is 5.32 Å². The molecule has 1 N–H and O–H groups in total. The summed E-state index contributed by atoms with van der Waals surface area (Å²) < 4.78 is 1.85. The van der Waals surface area contributed by atoms with Gasteiger partial charge in [-0.1, -0.05) is 25.8 Å². The molecule has 0 atom stereocenters. The van der Waals surface area contributed by atoms with Crippen LogP contribution in [-0.4, -0.2) is 9.78 Å². The van der Waals surface area contributed by atoms with Gasteiger partial charge in [-0.15, -0.1) is 0 Å². The maximum atomic E-state index is 4.23. The van der Waals surface area contributed by atoms with Gasteiger partial charge in [0.1, 0.15) is 5.82 Å². The Morgan fingerprint density at radius 3 is 2.94 bits per heavy atom. The predicted octanol–water partition coefficient (Wildman–Crippen LogP) is 3.24. The van der Waals surface area contributed by atoms with Crippen LogP contribution in [0, 0.1) is 5.92 Å². The van der Waals surface area contributed by atoms with E-state index in [2.05, 4.69) is 23.1 Å². The van der Waals surface area contributed by atoms with Crippen molar-refractivity contribution in [1.29, 1.82) is 0 Å². The van der Waals surface area contributed by atoms with Gasteiger partial charge in [-0.2, -0.15) is 5.10 Å². The summed E-state index contributed by atoms with van der Waals surface area (Å²) in [6.45, 7) is 4.06. The molecule has 1 aromatic heterocycles. The van der Waals surface area contributed by atoms with E-state index in [1.807, 2.05) is 16.9 Å². The minimum Gasteiger partial charge on any atom is -0.343 e. The van der Waals surface area contributed by atoms with E-state index >= 15 is 0 Å². The molecule has 1 aliphatic heterocycles. The zero-order valence-electron chi connectivity index (χ0n) is 9.45. The summed E-state index contributed by atoms with van der Waals surface area (Å²) in [6.07, 6.45) is 10.7. The Morgan fingerprint density at radius 1 is 1.31 bits per heavy atom. The fourth-order valence-electron chi connectivity index (χ4n) is 2.69. The first-order valence-electron chi connectivity index (χ1n) is 6.06. The van der Waals surface area contributed by atoms with E-state index in [-0.39, 0.29) is 0 Å². The average molecular weight is 215 g/mol. The average Bonchev–Trinajstić information content (AvgIpc) is 2.79. The first kappa shape index (κ1) is 9.70. The van der Waals surface area contributed by atoms with Crippen LogP contribution in [0.2, 0.25) is 0 Å². The van der Waals surface area contributed by atoms with Crippen LogP contribution in [0.4, 0.5) is 5.82 Å². The number of nitrogens with one attached hydrogen (secondary N) is 1. The molecule has 1 aromatic rings. The molecule has 1 aliphatic carbocycles.